The number of hydrogen-bond donors (Lipinski definition) is 1. The van der Waals surface area contributed by atoms with Gasteiger partial charge in [-0.15, -0.1) is 13.2 Å². The molecule has 4 heterocycles. The minimum Gasteiger partial charge on any atom is -0.386 e. The Morgan fingerprint density at radius 2 is 1.13 bits per heavy atom. The van der Waals surface area contributed by atoms with Gasteiger partial charge in [-0.1, -0.05) is 119 Å². The quantitative estimate of drug-likeness (QED) is 0.139. The Bertz CT molecular complexity index is 1230. The first-order valence-corrected chi connectivity index (χ1v) is 28.4. The summed E-state index contributed by atoms with van der Waals surface area (Å²) in [6.07, 6.45) is 16.8. The van der Waals surface area contributed by atoms with E-state index in [1.54, 1.807) is 0 Å². The number of carbonyl (C=O) groups is 1. The zero-order valence-corrected chi connectivity index (χ0v) is 37.6. The Morgan fingerprint density at radius 3 is 1.54 bits per heavy atom. The Balaban J connectivity index is 0.000000248. The number of fused-ring (bicyclic) bond motifs is 2. The molecule has 4 saturated heterocycles. The summed E-state index contributed by atoms with van der Waals surface area (Å²) >= 11 is 3.24. The van der Waals surface area contributed by atoms with Crippen LogP contribution in [0.25, 0.3) is 0 Å². The van der Waals surface area contributed by atoms with E-state index in [1.807, 2.05) is 23.2 Å². The predicted octanol–water partition coefficient (Wildman–Crippen LogP) is 10.2. The van der Waals surface area contributed by atoms with Gasteiger partial charge in [-0.05, 0) is 43.5 Å². The lowest BCUT2D eigenvalue weighted by Crippen LogP contribution is -2.55. The molecule has 6 aliphatic rings. The van der Waals surface area contributed by atoms with Gasteiger partial charge in [0.2, 0.25) is 0 Å². The van der Waals surface area contributed by atoms with Crippen LogP contribution in [0.4, 0.5) is 0 Å². The monoisotopic (exact) mass is 854 g/mol. The van der Waals surface area contributed by atoms with E-state index in [0.717, 1.165) is 70.5 Å². The molecule has 4 aliphatic heterocycles. The molecule has 2 saturated carbocycles. The molecule has 2 aliphatic carbocycles. The molecule has 0 bridgehead atoms. The van der Waals surface area contributed by atoms with Crippen LogP contribution in [0.15, 0.2) is 47.8 Å². The van der Waals surface area contributed by atoms with E-state index < -0.39 is 39.9 Å². The molecular weight excluding hydrogens is 781 g/mol. The van der Waals surface area contributed by atoms with Gasteiger partial charge in [0, 0.05) is 37.5 Å². The van der Waals surface area contributed by atoms with Crippen molar-refractivity contribution in [2.75, 3.05) is 0 Å². The van der Waals surface area contributed by atoms with E-state index in [9.17, 15) is 9.90 Å². The zero-order chi connectivity index (χ0) is 39.0. The molecule has 0 aromatic carbocycles. The third kappa shape index (κ3) is 12.6. The molecule has 6 rings (SSSR count). The fraction of sp³-hybridized carbons (Fsp3) is 0.791. The maximum absolute atomic E-state index is 11.3. The largest absolute Gasteiger partial charge is 0.386 e. The first-order valence-electron chi connectivity index (χ1n) is 20.3. The Morgan fingerprint density at radius 1 is 0.704 bits per heavy atom. The van der Waals surface area contributed by atoms with Gasteiger partial charge in [0.25, 0.3) is 0 Å². The number of aliphatic hydroxyl groups excluding tert-OH is 1. The molecule has 1 N–H and O–H groups in total. The van der Waals surface area contributed by atoms with E-state index in [1.165, 1.54) is 12.8 Å². The second-order valence-electron chi connectivity index (χ2n) is 18.3. The second-order valence-corrected chi connectivity index (χ2v) is 29.0. The second kappa shape index (κ2) is 20.8. The first-order chi connectivity index (χ1) is 25.0. The van der Waals surface area contributed by atoms with Crippen molar-refractivity contribution in [1.29, 1.82) is 0 Å². The molecule has 0 radical (unpaired) electrons. The summed E-state index contributed by atoms with van der Waals surface area (Å²) in [5, 5.41) is 10.9. The van der Waals surface area contributed by atoms with Gasteiger partial charge in [0.15, 0.2) is 17.9 Å². The summed E-state index contributed by atoms with van der Waals surface area (Å²) in [5.41, 5.74) is 4.43. The molecule has 0 aromatic heterocycles. The smallest absolute Gasteiger partial charge is 0.169 e. The number of ether oxygens (including phenoxy) is 6. The van der Waals surface area contributed by atoms with Crippen LogP contribution in [0.5, 0.6) is 0 Å². The molecule has 11 atom stereocenters. The molecular formula is C43H75BrO8Si2. The average molecular weight is 856 g/mol. The molecule has 2 unspecified atom stereocenters. The molecule has 6 fully saturated rings. The molecule has 0 aromatic rings. The number of halogens is 1. The SMILES string of the molecule is C.C=CC[C@@H]1O[C@@H](C=O)C2OC3(CCCCC3)O[C@H]2[C@H]1C.C=CC[C@@H]1O[C@@H]([C@@H](O)/C=C/[Si](C)(C)C)C2OC3(CCCCC3)O[C@H]2[C@H]1C.C[Si](C)(C)C=CBr. The third-order valence-corrected chi connectivity index (χ3v) is 14.5. The summed E-state index contributed by atoms with van der Waals surface area (Å²) in [7, 11) is -2.27. The highest BCUT2D eigenvalue weighted by Gasteiger charge is 2.58. The van der Waals surface area contributed by atoms with Crippen molar-refractivity contribution in [3.05, 3.63) is 47.8 Å². The molecule has 11 heteroatoms. The number of aliphatic hydroxyl groups is 1. The van der Waals surface area contributed by atoms with Crippen LogP contribution >= 0.6 is 15.9 Å². The molecule has 2 spiro atoms. The van der Waals surface area contributed by atoms with Gasteiger partial charge in [-0.25, -0.2) is 0 Å². The van der Waals surface area contributed by atoms with Crippen LogP contribution in [-0.4, -0.2) is 94.1 Å². The fourth-order valence-electron chi connectivity index (χ4n) is 8.46. The Hall–Kier alpha value is -0.736. The standard InChI is InChI=1S/C21H36O4Si.C16H24O4.C5H11BrSi.CH4/c1-6-10-17-15(2)18-20(25-21(24-18)12-8-7-9-13-21)19(23-17)16(22)11-14-26(3,4)5;1-3-7-12-11(2)14-15(13(10-17)18-12)20-16(19-14)8-5-4-6-9-16;1-7(2,3)5-4-6;/h6,11,14-20,22H,1,7-10,12-13H2,2-5H3;3,10-15H,1,4-9H2,2H3;4-5H,1-3H3;1H4/b14-11+;;;/t15-,16-,17-,18-,19-,20?;11-,12-,13-,14-,15?;;/m00../s1. The normalized spacial score (nSPS) is 36.2. The highest BCUT2D eigenvalue weighted by atomic mass is 79.9. The van der Waals surface area contributed by atoms with Crippen molar-refractivity contribution in [1.82, 2.24) is 0 Å². The van der Waals surface area contributed by atoms with Crippen molar-refractivity contribution in [3.8, 4) is 0 Å². The van der Waals surface area contributed by atoms with E-state index in [0.29, 0.717) is 0 Å². The topological polar surface area (TPSA) is 92.7 Å². The van der Waals surface area contributed by atoms with E-state index in [-0.39, 0.29) is 62.0 Å². The summed E-state index contributed by atoms with van der Waals surface area (Å²) in [6, 6.07) is 0. The van der Waals surface area contributed by atoms with Crippen LogP contribution in [0.2, 0.25) is 39.3 Å². The summed E-state index contributed by atoms with van der Waals surface area (Å²) < 4.78 is 37.8. The maximum Gasteiger partial charge on any atom is 0.169 e. The van der Waals surface area contributed by atoms with Crippen LogP contribution in [0.3, 0.4) is 0 Å². The lowest BCUT2D eigenvalue weighted by atomic mass is 9.85. The minimum absolute atomic E-state index is 0. The number of aldehydes is 1. The molecule has 54 heavy (non-hydrogen) atoms. The van der Waals surface area contributed by atoms with Gasteiger partial charge in [-0.3, -0.25) is 0 Å². The molecule has 310 valence electrons. The van der Waals surface area contributed by atoms with E-state index >= 15 is 0 Å². The van der Waals surface area contributed by atoms with Crippen molar-refractivity contribution >= 4 is 38.4 Å². The third-order valence-electron chi connectivity index (χ3n) is 11.4. The van der Waals surface area contributed by atoms with Gasteiger partial charge in [0.05, 0.1) is 40.6 Å². The van der Waals surface area contributed by atoms with Crippen molar-refractivity contribution in [2.45, 2.75) is 204 Å². The predicted molar refractivity (Wildman–Crippen MR) is 229 cm³/mol. The highest BCUT2D eigenvalue weighted by Crippen LogP contribution is 2.48. The van der Waals surface area contributed by atoms with Crippen LogP contribution < -0.4 is 0 Å². The van der Waals surface area contributed by atoms with Gasteiger partial charge < -0.3 is 38.3 Å². The van der Waals surface area contributed by atoms with E-state index in [4.69, 9.17) is 28.4 Å². The van der Waals surface area contributed by atoms with Gasteiger partial charge in [0.1, 0.15) is 30.5 Å². The van der Waals surface area contributed by atoms with Crippen molar-refractivity contribution in [3.63, 3.8) is 0 Å². The summed E-state index contributed by atoms with van der Waals surface area (Å²) in [4.78, 5) is 13.3. The maximum atomic E-state index is 11.3. The lowest BCUT2D eigenvalue weighted by molar-refractivity contribution is -0.204. The van der Waals surface area contributed by atoms with Crippen LogP contribution in [0, 0.1) is 11.8 Å². The minimum atomic E-state index is -1.39. The van der Waals surface area contributed by atoms with Crippen LogP contribution in [0.1, 0.15) is 98.3 Å². The lowest BCUT2D eigenvalue weighted by Gasteiger charge is -2.42. The molecule has 8 nitrogen and oxygen atoms in total. The van der Waals surface area contributed by atoms with Gasteiger partial charge in [-0.2, -0.15) is 0 Å². The number of hydrogen-bond acceptors (Lipinski definition) is 8. The summed E-state index contributed by atoms with van der Waals surface area (Å²) in [5.74, 6) is -0.483. The summed E-state index contributed by atoms with van der Waals surface area (Å²) in [6.45, 7) is 25.6. The first kappa shape index (κ1) is 47.6. The van der Waals surface area contributed by atoms with E-state index in [2.05, 4.69) is 93.6 Å². The fourth-order valence-corrected chi connectivity index (χ4v) is 12.0. The highest BCUT2D eigenvalue weighted by molar-refractivity contribution is 9.11. The zero-order valence-electron chi connectivity index (χ0n) is 34.0. The Labute approximate surface area is 339 Å². The van der Waals surface area contributed by atoms with Gasteiger partial charge >= 0.3 is 0 Å². The van der Waals surface area contributed by atoms with Crippen molar-refractivity contribution < 1.29 is 38.3 Å². The van der Waals surface area contributed by atoms with Crippen LogP contribution in [-0.2, 0) is 33.2 Å². The number of rotatable bonds is 9. The number of carbonyl (C=O) groups excluding carboxylic acids is 1. The Kier molecular flexibility index (Phi) is 18.3. The average Bonchev–Trinajstić information content (AvgIpc) is 3.66. The van der Waals surface area contributed by atoms with Crippen molar-refractivity contribution in [2.24, 2.45) is 11.8 Å². The molecule has 0 amide bonds.